The predicted molar refractivity (Wildman–Crippen MR) is 45.5 cm³/mol. The summed E-state index contributed by atoms with van der Waals surface area (Å²) in [6.07, 6.45) is 0.0814. The number of hydrogen-bond donors (Lipinski definition) is 0. The lowest BCUT2D eigenvalue weighted by Crippen LogP contribution is -2.35. The highest BCUT2D eigenvalue weighted by Gasteiger charge is 2.41. The minimum Gasteiger partial charge on any atom is -0.335 e. The van der Waals surface area contributed by atoms with Gasteiger partial charge in [-0.15, -0.1) is 0 Å². The van der Waals surface area contributed by atoms with Crippen LogP contribution < -0.4 is 0 Å². The maximum absolute atomic E-state index is 12.7. The summed E-state index contributed by atoms with van der Waals surface area (Å²) in [7, 11) is 0. The standard InChI is InChI=1S/C9H12F2N2O/c1-2-7(5-12)8(14)13-4-3-9(10,11)6-13/h7H,2-4,6H2,1H3. The molecule has 1 unspecified atom stereocenters. The smallest absolute Gasteiger partial charge is 0.267 e. The molecule has 0 aliphatic carbocycles. The summed E-state index contributed by atoms with van der Waals surface area (Å²) in [6, 6.07) is 1.82. The minimum atomic E-state index is -2.77. The molecule has 0 radical (unpaired) electrons. The Morgan fingerprint density at radius 3 is 2.71 bits per heavy atom. The van der Waals surface area contributed by atoms with Crippen LogP contribution in [0.2, 0.25) is 0 Å². The number of rotatable bonds is 2. The van der Waals surface area contributed by atoms with Crippen molar-refractivity contribution in [3.8, 4) is 6.07 Å². The zero-order valence-electron chi connectivity index (χ0n) is 7.96. The van der Waals surface area contributed by atoms with Gasteiger partial charge >= 0.3 is 0 Å². The van der Waals surface area contributed by atoms with Crippen LogP contribution >= 0.6 is 0 Å². The molecule has 0 aromatic rings. The topological polar surface area (TPSA) is 44.1 Å². The summed E-state index contributed by atoms with van der Waals surface area (Å²) < 4.78 is 25.5. The van der Waals surface area contributed by atoms with Crippen LogP contribution in [0.3, 0.4) is 0 Å². The third-order valence-corrected chi connectivity index (χ3v) is 2.34. The van der Waals surface area contributed by atoms with Crippen molar-refractivity contribution in [1.82, 2.24) is 4.90 Å². The molecule has 14 heavy (non-hydrogen) atoms. The van der Waals surface area contributed by atoms with E-state index in [1.165, 1.54) is 0 Å². The molecule has 1 amide bonds. The molecule has 1 heterocycles. The number of carbonyl (C=O) groups is 1. The lowest BCUT2D eigenvalue weighted by molar-refractivity contribution is -0.134. The number of nitrogens with zero attached hydrogens (tertiary/aromatic N) is 2. The number of halogens is 2. The van der Waals surface area contributed by atoms with Crippen LogP contribution in [0.25, 0.3) is 0 Å². The lowest BCUT2D eigenvalue weighted by atomic mass is 10.1. The van der Waals surface area contributed by atoms with E-state index in [4.69, 9.17) is 5.26 Å². The molecule has 1 fully saturated rings. The molecule has 0 saturated carbocycles. The third-order valence-electron chi connectivity index (χ3n) is 2.34. The van der Waals surface area contributed by atoms with Crippen LogP contribution in [0, 0.1) is 17.2 Å². The molecule has 1 rings (SSSR count). The van der Waals surface area contributed by atoms with Crippen molar-refractivity contribution in [3.63, 3.8) is 0 Å². The van der Waals surface area contributed by atoms with Gasteiger partial charge in [0.2, 0.25) is 5.91 Å². The van der Waals surface area contributed by atoms with Crippen LogP contribution in [0.15, 0.2) is 0 Å². The van der Waals surface area contributed by atoms with Crippen LogP contribution in [-0.4, -0.2) is 29.8 Å². The van der Waals surface area contributed by atoms with Gasteiger partial charge in [-0.3, -0.25) is 4.79 Å². The first kappa shape index (κ1) is 10.9. The van der Waals surface area contributed by atoms with Crippen molar-refractivity contribution >= 4 is 5.91 Å². The first-order valence-corrected chi connectivity index (χ1v) is 4.56. The Bertz CT molecular complexity index is 272. The second-order valence-corrected chi connectivity index (χ2v) is 3.46. The molecule has 1 aliphatic rings. The molecule has 0 spiro atoms. The van der Waals surface area contributed by atoms with Gasteiger partial charge in [0.1, 0.15) is 5.92 Å². The number of hydrogen-bond acceptors (Lipinski definition) is 2. The van der Waals surface area contributed by atoms with Gasteiger partial charge < -0.3 is 4.90 Å². The molecule has 0 aromatic carbocycles. The SMILES string of the molecule is CCC(C#N)C(=O)N1CCC(F)(F)C1. The summed E-state index contributed by atoms with van der Waals surface area (Å²) in [6.45, 7) is 1.22. The van der Waals surface area contributed by atoms with E-state index in [9.17, 15) is 13.6 Å². The Balaban J connectivity index is 2.60. The van der Waals surface area contributed by atoms with E-state index in [1.807, 2.05) is 6.07 Å². The van der Waals surface area contributed by atoms with E-state index in [-0.39, 0.29) is 13.0 Å². The average molecular weight is 202 g/mol. The van der Waals surface area contributed by atoms with Crippen molar-refractivity contribution in [2.75, 3.05) is 13.1 Å². The predicted octanol–water partition coefficient (Wildman–Crippen LogP) is 1.40. The van der Waals surface area contributed by atoms with Crippen LogP contribution in [-0.2, 0) is 4.79 Å². The summed E-state index contributed by atoms with van der Waals surface area (Å²) in [5, 5.41) is 8.60. The second kappa shape index (κ2) is 3.91. The molecule has 0 aromatic heterocycles. The number of nitriles is 1. The zero-order valence-corrected chi connectivity index (χ0v) is 7.96. The molecule has 0 bridgehead atoms. The quantitative estimate of drug-likeness (QED) is 0.679. The zero-order chi connectivity index (χ0) is 10.8. The van der Waals surface area contributed by atoms with Crippen molar-refractivity contribution in [1.29, 1.82) is 5.26 Å². The van der Waals surface area contributed by atoms with Gasteiger partial charge in [0.25, 0.3) is 5.92 Å². The van der Waals surface area contributed by atoms with Gasteiger partial charge in [0.05, 0.1) is 12.6 Å². The molecule has 1 saturated heterocycles. The molecule has 78 valence electrons. The molecule has 5 heteroatoms. The van der Waals surface area contributed by atoms with Gasteiger partial charge in [-0.2, -0.15) is 5.26 Å². The fraction of sp³-hybridized carbons (Fsp3) is 0.778. The van der Waals surface area contributed by atoms with Crippen molar-refractivity contribution in [2.45, 2.75) is 25.7 Å². The van der Waals surface area contributed by atoms with E-state index >= 15 is 0 Å². The lowest BCUT2D eigenvalue weighted by Gasteiger charge is -2.18. The normalized spacial score (nSPS) is 21.7. The Kier molecular flexibility index (Phi) is 3.04. The Hall–Kier alpha value is -1.18. The Morgan fingerprint density at radius 2 is 2.36 bits per heavy atom. The van der Waals surface area contributed by atoms with Crippen molar-refractivity contribution < 1.29 is 13.6 Å². The number of alkyl halides is 2. The average Bonchev–Trinajstić information content (AvgIpc) is 2.48. The third kappa shape index (κ3) is 2.19. The maximum atomic E-state index is 12.7. The highest BCUT2D eigenvalue weighted by Crippen LogP contribution is 2.27. The number of amides is 1. The monoisotopic (exact) mass is 202 g/mol. The van der Waals surface area contributed by atoms with Gasteiger partial charge in [-0.05, 0) is 6.42 Å². The summed E-state index contributed by atoms with van der Waals surface area (Å²) >= 11 is 0. The largest absolute Gasteiger partial charge is 0.335 e. The molecular weight excluding hydrogens is 190 g/mol. The van der Waals surface area contributed by atoms with Crippen LogP contribution in [0.4, 0.5) is 8.78 Å². The highest BCUT2D eigenvalue weighted by atomic mass is 19.3. The van der Waals surface area contributed by atoms with Gasteiger partial charge in [-0.25, -0.2) is 8.78 Å². The minimum absolute atomic E-state index is 0.0595. The number of carbonyl (C=O) groups excluding carboxylic acids is 1. The Morgan fingerprint density at radius 1 is 1.71 bits per heavy atom. The first-order valence-electron chi connectivity index (χ1n) is 4.56. The van der Waals surface area contributed by atoms with Gasteiger partial charge in [0.15, 0.2) is 0 Å². The van der Waals surface area contributed by atoms with Crippen LogP contribution in [0.5, 0.6) is 0 Å². The summed E-state index contributed by atoms with van der Waals surface area (Å²) in [4.78, 5) is 12.5. The number of likely N-dealkylation sites (tertiary alicyclic amines) is 1. The van der Waals surface area contributed by atoms with Crippen LogP contribution in [0.1, 0.15) is 19.8 Å². The molecule has 1 aliphatic heterocycles. The second-order valence-electron chi connectivity index (χ2n) is 3.46. The van der Waals surface area contributed by atoms with Gasteiger partial charge in [-0.1, -0.05) is 6.92 Å². The summed E-state index contributed by atoms with van der Waals surface area (Å²) in [5.41, 5.74) is 0. The van der Waals surface area contributed by atoms with E-state index in [1.54, 1.807) is 6.92 Å². The van der Waals surface area contributed by atoms with E-state index < -0.39 is 24.3 Å². The molecular formula is C9H12F2N2O. The summed E-state index contributed by atoms with van der Waals surface area (Å²) in [5.74, 6) is -4.01. The molecule has 1 atom stereocenters. The Labute approximate surface area is 81.3 Å². The fourth-order valence-corrected chi connectivity index (χ4v) is 1.47. The maximum Gasteiger partial charge on any atom is 0.267 e. The van der Waals surface area contributed by atoms with E-state index in [0.29, 0.717) is 6.42 Å². The molecule has 0 N–H and O–H groups in total. The van der Waals surface area contributed by atoms with Gasteiger partial charge in [0, 0.05) is 13.0 Å². The van der Waals surface area contributed by atoms with Crippen molar-refractivity contribution in [2.24, 2.45) is 5.92 Å². The first-order chi connectivity index (χ1) is 6.50. The van der Waals surface area contributed by atoms with E-state index in [0.717, 1.165) is 4.90 Å². The van der Waals surface area contributed by atoms with E-state index in [2.05, 4.69) is 0 Å². The fourth-order valence-electron chi connectivity index (χ4n) is 1.47. The molecule has 3 nitrogen and oxygen atoms in total. The highest BCUT2D eigenvalue weighted by molar-refractivity contribution is 5.81. The van der Waals surface area contributed by atoms with Crippen molar-refractivity contribution in [3.05, 3.63) is 0 Å².